The number of unbranched alkanes of at least 4 members (excludes halogenated alkanes) is 1. The summed E-state index contributed by atoms with van der Waals surface area (Å²) in [6.07, 6.45) is 8.44. The Hall–Kier alpha value is -3.61. The molecule has 1 aliphatic rings. The highest BCUT2D eigenvalue weighted by Crippen LogP contribution is 2.35. The number of carboxylic acid groups (broad SMARTS) is 1. The Labute approximate surface area is 212 Å². The molecule has 1 aliphatic heterocycles. The van der Waals surface area contributed by atoms with Crippen LogP contribution in [0.2, 0.25) is 0 Å². The summed E-state index contributed by atoms with van der Waals surface area (Å²) in [6, 6.07) is 12.2. The van der Waals surface area contributed by atoms with Crippen molar-refractivity contribution < 1.29 is 19.4 Å². The molecule has 1 N–H and O–H groups in total. The van der Waals surface area contributed by atoms with E-state index in [9.17, 15) is 9.59 Å². The lowest BCUT2D eigenvalue weighted by Gasteiger charge is -2.31. The Kier molecular flexibility index (Phi) is 8.41. The van der Waals surface area contributed by atoms with E-state index in [-0.39, 0.29) is 12.3 Å². The van der Waals surface area contributed by atoms with Gasteiger partial charge in [-0.25, -0.2) is 0 Å². The smallest absolute Gasteiger partial charge is 0.303 e. The number of ether oxygens (including phenoxy) is 1. The van der Waals surface area contributed by atoms with Gasteiger partial charge in [0.15, 0.2) is 0 Å². The first-order valence-corrected chi connectivity index (χ1v) is 12.8. The molecule has 0 spiro atoms. The average Bonchev–Trinajstić information content (AvgIpc) is 3.34. The summed E-state index contributed by atoms with van der Waals surface area (Å²) in [7, 11) is 0. The van der Waals surface area contributed by atoms with Crippen molar-refractivity contribution in [2.75, 3.05) is 18.1 Å². The predicted molar refractivity (Wildman–Crippen MR) is 140 cm³/mol. The Bertz CT molecular complexity index is 1220. The molecule has 0 saturated heterocycles. The first-order valence-electron chi connectivity index (χ1n) is 12.8. The molecule has 0 aliphatic carbocycles. The van der Waals surface area contributed by atoms with Gasteiger partial charge in [0.1, 0.15) is 5.75 Å². The van der Waals surface area contributed by atoms with Gasteiger partial charge in [-0.2, -0.15) is 5.10 Å². The molecule has 0 radical (unpaired) electrons. The first-order chi connectivity index (χ1) is 17.4. The zero-order valence-corrected chi connectivity index (χ0v) is 21.2. The molecule has 7 heteroatoms. The summed E-state index contributed by atoms with van der Waals surface area (Å²) in [5.41, 5.74) is 6.67. The maximum absolute atomic E-state index is 13.2. The second-order valence-electron chi connectivity index (χ2n) is 9.45. The summed E-state index contributed by atoms with van der Waals surface area (Å²) in [4.78, 5) is 25.8. The van der Waals surface area contributed by atoms with Crippen molar-refractivity contribution in [2.24, 2.45) is 0 Å². The first kappa shape index (κ1) is 25.5. The van der Waals surface area contributed by atoms with Crippen LogP contribution < -0.4 is 9.64 Å². The number of fused-ring (bicyclic) bond motifs is 1. The molecule has 1 amide bonds. The van der Waals surface area contributed by atoms with Crippen molar-refractivity contribution in [2.45, 2.75) is 65.3 Å². The number of hydrogen-bond donors (Lipinski definition) is 1. The fourth-order valence-corrected chi connectivity index (χ4v) is 4.75. The number of nitrogens with zero attached hydrogens (tertiary/aromatic N) is 3. The molecule has 3 aromatic rings. The van der Waals surface area contributed by atoms with Crippen molar-refractivity contribution in [3.05, 3.63) is 65.5 Å². The molecule has 0 bridgehead atoms. The van der Waals surface area contributed by atoms with Crippen LogP contribution in [0, 0.1) is 13.8 Å². The lowest BCUT2D eigenvalue weighted by Crippen LogP contribution is -2.35. The van der Waals surface area contributed by atoms with E-state index in [1.807, 2.05) is 46.2 Å². The third kappa shape index (κ3) is 6.14. The number of rotatable bonds is 11. The van der Waals surface area contributed by atoms with Gasteiger partial charge in [-0.1, -0.05) is 24.3 Å². The Balaban J connectivity index is 1.37. The van der Waals surface area contributed by atoms with Crippen molar-refractivity contribution in [1.29, 1.82) is 0 Å². The fourth-order valence-electron chi connectivity index (χ4n) is 4.75. The summed E-state index contributed by atoms with van der Waals surface area (Å²) >= 11 is 0. The minimum Gasteiger partial charge on any atom is -0.493 e. The number of carbonyl (C=O) groups excluding carboxylic acids is 1. The second kappa shape index (κ2) is 11.9. The van der Waals surface area contributed by atoms with E-state index in [1.165, 1.54) is 11.1 Å². The highest BCUT2D eigenvalue weighted by molar-refractivity contribution is 5.96. The van der Waals surface area contributed by atoms with Gasteiger partial charge in [0, 0.05) is 43.4 Å². The number of anilines is 1. The van der Waals surface area contributed by atoms with Crippen LogP contribution in [0.25, 0.3) is 11.1 Å². The SMILES string of the molecule is Cc1cccc(OCCCC(=O)N2CCCc3c(-c4cnn(CCCCC(=O)O)c4)cccc32)c1C. The van der Waals surface area contributed by atoms with Crippen LogP contribution in [0.5, 0.6) is 5.75 Å². The minimum atomic E-state index is -0.764. The largest absolute Gasteiger partial charge is 0.493 e. The zero-order chi connectivity index (χ0) is 25.5. The molecule has 190 valence electrons. The lowest BCUT2D eigenvalue weighted by molar-refractivity contribution is -0.137. The van der Waals surface area contributed by atoms with Gasteiger partial charge in [-0.3, -0.25) is 14.3 Å². The fraction of sp³-hybridized carbons (Fsp3) is 0.414. The molecule has 2 heterocycles. The number of benzene rings is 2. The topological polar surface area (TPSA) is 84.7 Å². The van der Waals surface area contributed by atoms with Crippen LogP contribution in [0.3, 0.4) is 0 Å². The molecule has 0 fully saturated rings. The van der Waals surface area contributed by atoms with Crippen LogP contribution in [-0.4, -0.2) is 39.9 Å². The van der Waals surface area contributed by atoms with Crippen molar-refractivity contribution in [3.63, 3.8) is 0 Å². The molecule has 0 unspecified atom stereocenters. The number of aromatic nitrogens is 2. The maximum atomic E-state index is 13.2. The van der Waals surface area contributed by atoms with Gasteiger partial charge in [0.05, 0.1) is 12.8 Å². The van der Waals surface area contributed by atoms with E-state index in [4.69, 9.17) is 9.84 Å². The van der Waals surface area contributed by atoms with Gasteiger partial charge in [0.25, 0.3) is 0 Å². The van der Waals surface area contributed by atoms with Crippen molar-refractivity contribution in [3.8, 4) is 16.9 Å². The minimum absolute atomic E-state index is 0.131. The van der Waals surface area contributed by atoms with E-state index >= 15 is 0 Å². The summed E-state index contributed by atoms with van der Waals surface area (Å²) in [5, 5.41) is 13.3. The summed E-state index contributed by atoms with van der Waals surface area (Å²) in [5.74, 6) is 0.254. The Morgan fingerprint density at radius 1 is 1.06 bits per heavy atom. The highest BCUT2D eigenvalue weighted by Gasteiger charge is 2.24. The number of carboxylic acids is 1. The van der Waals surface area contributed by atoms with Gasteiger partial charge in [0.2, 0.25) is 5.91 Å². The van der Waals surface area contributed by atoms with Crippen molar-refractivity contribution >= 4 is 17.6 Å². The molecule has 0 atom stereocenters. The molecular formula is C29H35N3O4. The van der Waals surface area contributed by atoms with Crippen LogP contribution >= 0.6 is 0 Å². The van der Waals surface area contributed by atoms with Crippen LogP contribution in [0.4, 0.5) is 5.69 Å². The third-order valence-corrected chi connectivity index (χ3v) is 6.87. The van der Waals surface area contributed by atoms with Gasteiger partial charge in [-0.15, -0.1) is 0 Å². The van der Waals surface area contributed by atoms with E-state index in [1.54, 1.807) is 0 Å². The summed E-state index contributed by atoms with van der Waals surface area (Å²) in [6.45, 7) is 6.07. The van der Waals surface area contributed by atoms with Gasteiger partial charge in [-0.05, 0) is 80.3 Å². The molecule has 7 nitrogen and oxygen atoms in total. The molecule has 0 saturated carbocycles. The average molecular weight is 490 g/mol. The molecule has 36 heavy (non-hydrogen) atoms. The van der Waals surface area contributed by atoms with Crippen molar-refractivity contribution in [1.82, 2.24) is 9.78 Å². The van der Waals surface area contributed by atoms with Gasteiger partial charge < -0.3 is 14.7 Å². The quantitative estimate of drug-likeness (QED) is 0.357. The zero-order valence-electron chi connectivity index (χ0n) is 21.2. The molecular weight excluding hydrogens is 454 g/mol. The molecule has 1 aromatic heterocycles. The lowest BCUT2D eigenvalue weighted by atomic mass is 9.93. The van der Waals surface area contributed by atoms with Crippen LogP contribution in [0.1, 0.15) is 55.2 Å². The number of aryl methyl sites for hydroxylation is 2. The third-order valence-electron chi connectivity index (χ3n) is 6.87. The summed E-state index contributed by atoms with van der Waals surface area (Å²) < 4.78 is 7.82. The molecule has 4 rings (SSSR count). The maximum Gasteiger partial charge on any atom is 0.303 e. The van der Waals surface area contributed by atoms with E-state index in [2.05, 4.69) is 31.1 Å². The second-order valence-corrected chi connectivity index (χ2v) is 9.45. The van der Waals surface area contributed by atoms with E-state index in [0.29, 0.717) is 32.4 Å². The monoisotopic (exact) mass is 489 g/mol. The predicted octanol–water partition coefficient (Wildman–Crippen LogP) is 5.56. The van der Waals surface area contributed by atoms with Gasteiger partial charge >= 0.3 is 5.97 Å². The normalized spacial score (nSPS) is 12.9. The number of amides is 1. The number of aliphatic carboxylic acids is 1. The van der Waals surface area contributed by atoms with Crippen LogP contribution in [-0.2, 0) is 22.6 Å². The Morgan fingerprint density at radius 2 is 1.89 bits per heavy atom. The highest BCUT2D eigenvalue weighted by atomic mass is 16.5. The number of carbonyl (C=O) groups is 2. The standard InChI is InChI=1S/C29H35N3O4/c1-21-9-5-13-27(22(21)2)36-18-8-14-28(33)32-17-7-11-25-24(10-6-12-26(25)32)23-19-30-31(20-23)16-4-3-15-29(34)35/h5-6,9-10,12-13,19-20H,3-4,7-8,11,14-18H2,1-2H3,(H,34,35). The molecule has 2 aromatic carbocycles. The Morgan fingerprint density at radius 3 is 2.72 bits per heavy atom. The van der Waals surface area contributed by atoms with Crippen LogP contribution in [0.15, 0.2) is 48.8 Å². The van der Waals surface area contributed by atoms with E-state index in [0.717, 1.165) is 53.9 Å². The van der Waals surface area contributed by atoms with E-state index < -0.39 is 5.97 Å². The number of hydrogen-bond acceptors (Lipinski definition) is 4.